The van der Waals surface area contributed by atoms with Crippen LogP contribution in [0.15, 0.2) is 65.6 Å². The predicted molar refractivity (Wildman–Crippen MR) is 121 cm³/mol. The van der Waals surface area contributed by atoms with Crippen LogP contribution >= 0.6 is 11.3 Å². The van der Waals surface area contributed by atoms with E-state index in [-0.39, 0.29) is 5.91 Å². The summed E-state index contributed by atoms with van der Waals surface area (Å²) in [6, 6.07) is 14.9. The van der Waals surface area contributed by atoms with Gasteiger partial charge < -0.3 is 4.90 Å². The summed E-state index contributed by atoms with van der Waals surface area (Å²) >= 11 is 1.75. The van der Waals surface area contributed by atoms with Crippen molar-refractivity contribution in [2.45, 2.75) is 31.8 Å². The molecule has 2 aliphatic heterocycles. The molecule has 154 valence electrons. The topological polar surface area (TPSA) is 36.4 Å². The van der Waals surface area contributed by atoms with E-state index in [1.54, 1.807) is 23.7 Å². The first-order chi connectivity index (χ1) is 14.7. The molecule has 5 rings (SSSR count). The molecule has 0 spiro atoms. The Kier molecular flexibility index (Phi) is 5.40. The van der Waals surface area contributed by atoms with Gasteiger partial charge in [0.1, 0.15) is 0 Å². The van der Waals surface area contributed by atoms with Gasteiger partial charge >= 0.3 is 0 Å². The van der Waals surface area contributed by atoms with Crippen LogP contribution in [0.25, 0.3) is 0 Å². The largest absolute Gasteiger partial charge is 0.335 e. The Hall–Kier alpha value is -2.50. The van der Waals surface area contributed by atoms with Crippen LogP contribution in [0.3, 0.4) is 0 Å². The summed E-state index contributed by atoms with van der Waals surface area (Å²) in [5.74, 6) is 1.03. The molecule has 3 aromatic rings. The minimum absolute atomic E-state index is 0.150. The highest BCUT2D eigenvalue weighted by molar-refractivity contribution is 7.08. The number of carbonyl (C=O) groups excluding carboxylic acids is 1. The number of aryl methyl sites for hydroxylation is 1. The molecule has 0 N–H and O–H groups in total. The van der Waals surface area contributed by atoms with Crippen molar-refractivity contribution < 1.29 is 4.79 Å². The fourth-order valence-corrected chi connectivity index (χ4v) is 5.93. The van der Waals surface area contributed by atoms with Gasteiger partial charge in [0.25, 0.3) is 5.91 Å². The Bertz CT molecular complexity index is 1000. The van der Waals surface area contributed by atoms with Crippen molar-refractivity contribution in [3.63, 3.8) is 0 Å². The first kappa shape index (κ1) is 19.5. The Morgan fingerprint density at radius 3 is 2.73 bits per heavy atom. The van der Waals surface area contributed by atoms with Crippen LogP contribution in [0.1, 0.15) is 39.4 Å². The Morgan fingerprint density at radius 1 is 1.13 bits per heavy atom. The van der Waals surface area contributed by atoms with Crippen molar-refractivity contribution >= 4 is 17.2 Å². The summed E-state index contributed by atoms with van der Waals surface area (Å²) in [5.41, 5.74) is 4.90. The molecule has 2 fully saturated rings. The van der Waals surface area contributed by atoms with Crippen molar-refractivity contribution in [1.82, 2.24) is 14.8 Å². The van der Waals surface area contributed by atoms with Crippen LogP contribution < -0.4 is 0 Å². The number of amides is 1. The van der Waals surface area contributed by atoms with Gasteiger partial charge in [-0.3, -0.25) is 14.7 Å². The van der Waals surface area contributed by atoms with Crippen LogP contribution in [0.2, 0.25) is 0 Å². The fourth-order valence-electron chi connectivity index (χ4n) is 5.21. The van der Waals surface area contributed by atoms with Crippen LogP contribution in [-0.2, 0) is 6.54 Å². The van der Waals surface area contributed by atoms with Crippen molar-refractivity contribution in [2.24, 2.45) is 5.92 Å². The highest BCUT2D eigenvalue weighted by Gasteiger charge is 2.47. The number of fused-ring (bicyclic) bond motifs is 1. The van der Waals surface area contributed by atoms with E-state index < -0.39 is 0 Å². The monoisotopic (exact) mass is 417 g/mol. The van der Waals surface area contributed by atoms with Crippen LogP contribution in [0.5, 0.6) is 0 Å². The Balaban J connectivity index is 1.39. The van der Waals surface area contributed by atoms with Crippen molar-refractivity contribution in [1.29, 1.82) is 0 Å². The van der Waals surface area contributed by atoms with E-state index in [1.165, 1.54) is 16.7 Å². The maximum atomic E-state index is 13.3. The molecular formula is C25H27N3OS. The van der Waals surface area contributed by atoms with E-state index in [1.807, 2.05) is 12.1 Å². The van der Waals surface area contributed by atoms with E-state index >= 15 is 0 Å². The van der Waals surface area contributed by atoms with Gasteiger partial charge in [-0.15, -0.1) is 0 Å². The maximum Gasteiger partial charge on any atom is 0.254 e. The highest BCUT2D eigenvalue weighted by atomic mass is 32.1. The summed E-state index contributed by atoms with van der Waals surface area (Å²) < 4.78 is 0. The summed E-state index contributed by atoms with van der Waals surface area (Å²) in [4.78, 5) is 22.1. The SMILES string of the molecule is Cc1ccccc1CN1CC[C@H]2[C@@H](C1)[C@H](c1ccsc1)CN2C(=O)c1ccncc1. The summed E-state index contributed by atoms with van der Waals surface area (Å²) in [6.45, 7) is 6.07. The molecular weight excluding hydrogens is 390 g/mol. The van der Waals surface area contributed by atoms with E-state index in [0.29, 0.717) is 17.9 Å². The molecule has 1 aromatic carbocycles. The van der Waals surface area contributed by atoms with Gasteiger partial charge in [-0.2, -0.15) is 11.3 Å². The molecule has 0 unspecified atom stereocenters. The van der Waals surface area contributed by atoms with Gasteiger partial charge in [0, 0.05) is 62.0 Å². The van der Waals surface area contributed by atoms with E-state index in [9.17, 15) is 4.79 Å². The number of nitrogens with zero attached hydrogens (tertiary/aromatic N) is 3. The number of hydrogen-bond acceptors (Lipinski definition) is 4. The highest BCUT2D eigenvalue weighted by Crippen LogP contribution is 2.43. The van der Waals surface area contributed by atoms with Gasteiger partial charge in [0.05, 0.1) is 0 Å². The summed E-state index contributed by atoms with van der Waals surface area (Å²) in [6.07, 6.45) is 4.46. The number of carbonyl (C=O) groups is 1. The molecule has 2 aliphatic rings. The van der Waals surface area contributed by atoms with Crippen molar-refractivity contribution in [3.05, 3.63) is 87.9 Å². The minimum atomic E-state index is 0.150. The number of thiophene rings is 1. The zero-order chi connectivity index (χ0) is 20.5. The molecule has 4 heterocycles. The third kappa shape index (κ3) is 3.68. The van der Waals surface area contributed by atoms with E-state index in [4.69, 9.17) is 0 Å². The maximum absolute atomic E-state index is 13.3. The van der Waals surface area contributed by atoms with E-state index in [2.05, 4.69) is 62.8 Å². The zero-order valence-corrected chi connectivity index (χ0v) is 18.1. The predicted octanol–water partition coefficient (Wildman–Crippen LogP) is 4.58. The van der Waals surface area contributed by atoms with Gasteiger partial charge in [0.2, 0.25) is 0 Å². The first-order valence-corrected chi connectivity index (χ1v) is 11.6. The molecule has 0 bridgehead atoms. The van der Waals surface area contributed by atoms with Gasteiger partial charge in [-0.05, 0) is 59.0 Å². The molecule has 1 amide bonds. The first-order valence-electron chi connectivity index (χ1n) is 10.7. The second-order valence-corrected chi connectivity index (χ2v) is 9.32. The number of benzene rings is 1. The zero-order valence-electron chi connectivity index (χ0n) is 17.3. The third-order valence-electron chi connectivity index (χ3n) is 6.83. The average molecular weight is 418 g/mol. The Morgan fingerprint density at radius 2 is 1.97 bits per heavy atom. The third-order valence-corrected chi connectivity index (χ3v) is 7.53. The van der Waals surface area contributed by atoms with Crippen LogP contribution in [-0.4, -0.2) is 46.4 Å². The Labute approximate surface area is 182 Å². The molecule has 30 heavy (non-hydrogen) atoms. The standard InChI is InChI=1S/C25H27N3OS/c1-18-4-2-3-5-20(18)14-27-12-8-24-23(15-27)22(21-9-13-30-17-21)16-28(24)25(29)19-6-10-26-11-7-19/h2-7,9-11,13,17,22-24H,8,12,14-16H2,1H3/t22-,23-,24-/m0/s1. The normalized spacial score (nSPS) is 24.0. The van der Waals surface area contributed by atoms with Crippen molar-refractivity contribution in [3.8, 4) is 0 Å². The van der Waals surface area contributed by atoms with Crippen molar-refractivity contribution in [2.75, 3.05) is 19.6 Å². The molecule has 2 saturated heterocycles. The summed E-state index contributed by atoms with van der Waals surface area (Å²) in [5, 5.41) is 4.42. The smallest absolute Gasteiger partial charge is 0.254 e. The molecule has 2 aromatic heterocycles. The second-order valence-electron chi connectivity index (χ2n) is 8.54. The molecule has 0 aliphatic carbocycles. The molecule has 3 atom stereocenters. The number of pyridine rings is 1. The lowest BCUT2D eigenvalue weighted by molar-refractivity contribution is 0.0613. The number of aromatic nitrogens is 1. The molecule has 0 saturated carbocycles. The molecule has 4 nitrogen and oxygen atoms in total. The number of likely N-dealkylation sites (tertiary alicyclic amines) is 2. The molecule has 5 heteroatoms. The van der Waals surface area contributed by atoms with E-state index in [0.717, 1.165) is 38.2 Å². The van der Waals surface area contributed by atoms with Gasteiger partial charge in [-0.25, -0.2) is 0 Å². The van der Waals surface area contributed by atoms with Gasteiger partial charge in [-0.1, -0.05) is 24.3 Å². The average Bonchev–Trinajstić information content (AvgIpc) is 3.43. The second kappa shape index (κ2) is 8.32. The number of hydrogen-bond donors (Lipinski definition) is 0. The lowest BCUT2D eigenvalue weighted by Crippen LogP contribution is -2.47. The lowest BCUT2D eigenvalue weighted by atomic mass is 9.82. The quantitative estimate of drug-likeness (QED) is 0.623. The minimum Gasteiger partial charge on any atom is -0.335 e. The molecule has 0 radical (unpaired) electrons. The lowest BCUT2D eigenvalue weighted by Gasteiger charge is -2.39. The fraction of sp³-hybridized carbons (Fsp3) is 0.360. The summed E-state index contributed by atoms with van der Waals surface area (Å²) in [7, 11) is 0. The van der Waals surface area contributed by atoms with Crippen LogP contribution in [0, 0.1) is 12.8 Å². The van der Waals surface area contributed by atoms with Gasteiger partial charge in [0.15, 0.2) is 0 Å². The number of rotatable bonds is 4. The number of piperidine rings is 1. The van der Waals surface area contributed by atoms with Crippen LogP contribution in [0.4, 0.5) is 0 Å².